The highest BCUT2D eigenvalue weighted by Crippen LogP contribution is 2.36. The molecule has 0 bridgehead atoms. The van der Waals surface area contributed by atoms with E-state index in [1.807, 2.05) is 73.6 Å². The topological polar surface area (TPSA) is 82.1 Å². The van der Waals surface area contributed by atoms with Gasteiger partial charge in [0.05, 0.1) is 23.7 Å². The first kappa shape index (κ1) is 22.5. The second-order valence-corrected chi connectivity index (χ2v) is 9.94. The summed E-state index contributed by atoms with van der Waals surface area (Å²) in [7, 11) is 0.479. The molecule has 1 atom stereocenters. The summed E-state index contributed by atoms with van der Waals surface area (Å²) in [6.45, 7) is 0. The number of benzene rings is 3. The van der Waals surface area contributed by atoms with Crippen molar-refractivity contribution in [2.45, 2.75) is 12.5 Å². The molecule has 0 spiro atoms. The molecule has 0 saturated heterocycles. The van der Waals surface area contributed by atoms with E-state index >= 15 is 0 Å². The van der Waals surface area contributed by atoms with Gasteiger partial charge in [-0.2, -0.15) is 5.10 Å². The molecule has 1 unspecified atom stereocenters. The van der Waals surface area contributed by atoms with Crippen LogP contribution < -0.4 is 9.62 Å². The Balaban J connectivity index is 1.75. The predicted molar refractivity (Wildman–Crippen MR) is 132 cm³/mol. The van der Waals surface area contributed by atoms with Gasteiger partial charge in [-0.05, 0) is 35.9 Å². The molecule has 33 heavy (non-hydrogen) atoms. The molecular formula is C25H26N4O3S. The van der Waals surface area contributed by atoms with Crippen LogP contribution in [0.15, 0.2) is 84.0 Å². The van der Waals surface area contributed by atoms with E-state index < -0.39 is 10.0 Å². The Kier molecular flexibility index (Phi) is 6.20. The Bertz CT molecular complexity index is 1290. The number of carbonyl (C=O) groups excluding carboxylic acids is 1. The molecule has 0 aromatic heterocycles. The van der Waals surface area contributed by atoms with Gasteiger partial charge in [-0.3, -0.25) is 9.52 Å². The van der Waals surface area contributed by atoms with E-state index in [9.17, 15) is 13.2 Å². The van der Waals surface area contributed by atoms with Crippen molar-refractivity contribution in [3.05, 3.63) is 95.6 Å². The summed E-state index contributed by atoms with van der Waals surface area (Å²) in [5.74, 6) is -0.208. The van der Waals surface area contributed by atoms with Crippen LogP contribution in [0.2, 0.25) is 0 Å². The maximum atomic E-state index is 13.4. The number of rotatable bonds is 6. The summed E-state index contributed by atoms with van der Waals surface area (Å²) in [4.78, 5) is 15.4. The molecule has 0 fully saturated rings. The van der Waals surface area contributed by atoms with Crippen LogP contribution in [0.25, 0.3) is 0 Å². The molecule has 0 radical (unpaired) electrons. The molecule has 1 N–H and O–H groups in total. The summed E-state index contributed by atoms with van der Waals surface area (Å²) in [5, 5.41) is 6.20. The van der Waals surface area contributed by atoms with Crippen LogP contribution in [0.4, 0.5) is 11.4 Å². The molecule has 1 heterocycles. The zero-order valence-electron chi connectivity index (χ0n) is 18.8. The highest BCUT2D eigenvalue weighted by molar-refractivity contribution is 7.92. The molecule has 1 aliphatic heterocycles. The van der Waals surface area contributed by atoms with E-state index in [-0.39, 0.29) is 11.9 Å². The number of nitrogens with one attached hydrogen (secondary N) is 1. The quantitative estimate of drug-likeness (QED) is 0.598. The van der Waals surface area contributed by atoms with Gasteiger partial charge in [-0.25, -0.2) is 13.4 Å². The van der Waals surface area contributed by atoms with Crippen LogP contribution in [-0.4, -0.2) is 45.4 Å². The van der Waals surface area contributed by atoms with Crippen LogP contribution >= 0.6 is 0 Å². The summed E-state index contributed by atoms with van der Waals surface area (Å²) < 4.78 is 26.3. The van der Waals surface area contributed by atoms with E-state index in [1.54, 1.807) is 24.3 Å². The Morgan fingerprint density at radius 2 is 1.61 bits per heavy atom. The predicted octanol–water partition coefficient (Wildman–Crippen LogP) is 4.12. The Hall–Kier alpha value is -3.65. The molecule has 0 saturated carbocycles. The molecule has 4 rings (SSSR count). The highest BCUT2D eigenvalue weighted by atomic mass is 32.2. The summed E-state index contributed by atoms with van der Waals surface area (Å²) in [6, 6.07) is 23.9. The number of amides is 1. The van der Waals surface area contributed by atoms with Gasteiger partial charge in [0.25, 0.3) is 5.91 Å². The fourth-order valence-electron chi connectivity index (χ4n) is 3.85. The van der Waals surface area contributed by atoms with Crippen molar-refractivity contribution in [1.29, 1.82) is 0 Å². The number of anilines is 2. The minimum atomic E-state index is -3.47. The van der Waals surface area contributed by atoms with Crippen molar-refractivity contribution in [2.24, 2.45) is 5.10 Å². The monoisotopic (exact) mass is 462 g/mol. The van der Waals surface area contributed by atoms with Crippen molar-refractivity contribution in [1.82, 2.24) is 5.01 Å². The van der Waals surface area contributed by atoms with Crippen LogP contribution in [0.5, 0.6) is 0 Å². The first-order chi connectivity index (χ1) is 15.7. The molecule has 170 valence electrons. The second-order valence-electron chi connectivity index (χ2n) is 8.19. The lowest BCUT2D eigenvalue weighted by Crippen LogP contribution is -2.27. The first-order valence-electron chi connectivity index (χ1n) is 10.5. The third kappa shape index (κ3) is 5.06. The van der Waals surface area contributed by atoms with Gasteiger partial charge in [0.1, 0.15) is 0 Å². The van der Waals surface area contributed by atoms with Crippen molar-refractivity contribution in [3.63, 3.8) is 0 Å². The number of hydrogen-bond acceptors (Lipinski definition) is 5. The molecule has 1 aliphatic rings. The van der Waals surface area contributed by atoms with E-state index in [0.29, 0.717) is 28.9 Å². The Labute approximate surface area is 194 Å². The van der Waals surface area contributed by atoms with E-state index in [1.165, 1.54) is 5.01 Å². The van der Waals surface area contributed by atoms with Gasteiger partial charge in [-0.1, -0.05) is 48.5 Å². The van der Waals surface area contributed by atoms with Gasteiger partial charge in [0.2, 0.25) is 10.0 Å². The lowest BCUT2D eigenvalue weighted by molar-refractivity contribution is 0.0711. The van der Waals surface area contributed by atoms with Crippen molar-refractivity contribution in [2.75, 3.05) is 30.0 Å². The van der Waals surface area contributed by atoms with Gasteiger partial charge >= 0.3 is 0 Å². The highest BCUT2D eigenvalue weighted by Gasteiger charge is 2.34. The smallest absolute Gasteiger partial charge is 0.274 e. The zero-order valence-corrected chi connectivity index (χ0v) is 19.6. The normalized spacial score (nSPS) is 15.8. The largest absolute Gasteiger partial charge is 0.378 e. The maximum absolute atomic E-state index is 13.4. The Morgan fingerprint density at radius 3 is 2.24 bits per heavy atom. The SMILES string of the molecule is CN(C)c1ccc(C2CC(c3ccccc3NS(C)(=O)=O)=NN2C(=O)c2ccccc2)cc1. The number of hydrogen-bond donors (Lipinski definition) is 1. The van der Waals surface area contributed by atoms with Crippen LogP contribution in [0, 0.1) is 0 Å². The molecule has 8 heteroatoms. The van der Waals surface area contributed by atoms with Crippen LogP contribution in [-0.2, 0) is 10.0 Å². The maximum Gasteiger partial charge on any atom is 0.274 e. The standard InChI is InChI=1S/C25H26N4O3S/c1-28(2)20-15-13-18(14-16-20)24-17-23(21-11-7-8-12-22(21)27-33(3,31)32)26-29(24)25(30)19-9-5-4-6-10-19/h4-16,24,27H,17H2,1-3H3. The van der Waals surface area contributed by atoms with E-state index in [2.05, 4.69) is 4.72 Å². The zero-order chi connectivity index (χ0) is 23.6. The summed E-state index contributed by atoms with van der Waals surface area (Å²) in [5.41, 5.74) is 4.29. The first-order valence-corrected chi connectivity index (χ1v) is 12.4. The molecule has 1 amide bonds. The molecule has 3 aromatic carbocycles. The van der Waals surface area contributed by atoms with Gasteiger partial charge in [0.15, 0.2) is 0 Å². The van der Waals surface area contributed by atoms with E-state index in [0.717, 1.165) is 17.5 Å². The lowest BCUT2D eigenvalue weighted by atomic mass is 9.97. The fraction of sp³-hybridized carbons (Fsp3) is 0.200. The minimum absolute atomic E-state index is 0.208. The molecule has 3 aromatic rings. The number of para-hydroxylation sites is 1. The molecular weight excluding hydrogens is 436 g/mol. The van der Waals surface area contributed by atoms with Crippen molar-refractivity contribution in [3.8, 4) is 0 Å². The van der Waals surface area contributed by atoms with Gasteiger partial charge in [0, 0.05) is 37.3 Å². The lowest BCUT2D eigenvalue weighted by Gasteiger charge is -2.23. The average Bonchev–Trinajstić information content (AvgIpc) is 3.24. The number of hydrazone groups is 1. The Morgan fingerprint density at radius 1 is 0.970 bits per heavy atom. The summed E-state index contributed by atoms with van der Waals surface area (Å²) in [6.07, 6.45) is 1.57. The molecule has 0 aliphatic carbocycles. The number of carbonyl (C=O) groups is 1. The van der Waals surface area contributed by atoms with E-state index in [4.69, 9.17) is 5.10 Å². The van der Waals surface area contributed by atoms with Crippen LogP contribution in [0.3, 0.4) is 0 Å². The number of nitrogens with zero attached hydrogens (tertiary/aromatic N) is 3. The van der Waals surface area contributed by atoms with Crippen LogP contribution in [0.1, 0.15) is 33.9 Å². The van der Waals surface area contributed by atoms with Crippen molar-refractivity contribution < 1.29 is 13.2 Å². The van der Waals surface area contributed by atoms with Gasteiger partial charge in [-0.15, -0.1) is 0 Å². The third-order valence-corrected chi connectivity index (χ3v) is 6.06. The van der Waals surface area contributed by atoms with Gasteiger partial charge < -0.3 is 4.90 Å². The summed E-state index contributed by atoms with van der Waals surface area (Å²) >= 11 is 0. The fourth-order valence-corrected chi connectivity index (χ4v) is 4.43. The van der Waals surface area contributed by atoms with Crippen molar-refractivity contribution >= 4 is 33.0 Å². The minimum Gasteiger partial charge on any atom is -0.378 e. The average molecular weight is 463 g/mol. The second kappa shape index (κ2) is 9.07. The number of sulfonamides is 1. The molecule has 7 nitrogen and oxygen atoms in total. The third-order valence-electron chi connectivity index (χ3n) is 5.47.